The molecule has 0 bridgehead atoms. The molecule has 2 aromatic rings. The van der Waals surface area contributed by atoms with E-state index in [2.05, 4.69) is 20.3 Å². The van der Waals surface area contributed by atoms with Crippen molar-refractivity contribution >= 4 is 29.2 Å². The number of nitrogens with two attached hydrogens (primary N) is 1. The highest BCUT2D eigenvalue weighted by atomic mass is 35.5. The lowest BCUT2D eigenvalue weighted by Gasteiger charge is -2.05. The second-order valence-electron chi connectivity index (χ2n) is 3.84. The van der Waals surface area contributed by atoms with Crippen LogP contribution in [0.2, 0.25) is 5.02 Å². The Kier molecular flexibility index (Phi) is 3.82. The van der Waals surface area contributed by atoms with Crippen molar-refractivity contribution in [1.82, 2.24) is 9.97 Å². The molecule has 0 fully saturated rings. The molecule has 6 nitrogen and oxygen atoms in total. The summed E-state index contributed by atoms with van der Waals surface area (Å²) in [5, 5.41) is 3.49. The van der Waals surface area contributed by atoms with Gasteiger partial charge >= 0.3 is 0 Å². The lowest BCUT2D eigenvalue weighted by atomic mass is 10.3. The Morgan fingerprint density at radius 1 is 1.42 bits per heavy atom. The van der Waals surface area contributed by atoms with Gasteiger partial charge in [-0.25, -0.2) is 4.98 Å². The number of aryl methyl sites for hydroxylation is 1. The number of aliphatic imine (C=N–C) groups is 1. The molecule has 0 aliphatic rings. The van der Waals surface area contributed by atoms with E-state index in [0.29, 0.717) is 10.7 Å². The van der Waals surface area contributed by atoms with Crippen LogP contribution >= 0.6 is 11.6 Å². The minimum absolute atomic E-state index is 0.121. The Bertz CT molecular complexity index is 663. The molecular weight excluding hydrogens is 266 g/mol. The first-order chi connectivity index (χ1) is 9.02. The molecular formula is C12H12ClN5O. The average Bonchev–Trinajstić information content (AvgIpc) is 2.30. The van der Waals surface area contributed by atoms with Gasteiger partial charge in [-0.05, 0) is 31.2 Å². The van der Waals surface area contributed by atoms with Crippen LogP contribution < -0.4 is 16.6 Å². The molecule has 0 amide bonds. The zero-order chi connectivity index (χ0) is 13.8. The second kappa shape index (κ2) is 5.53. The Morgan fingerprint density at radius 3 is 2.74 bits per heavy atom. The summed E-state index contributed by atoms with van der Waals surface area (Å²) >= 11 is 5.77. The molecule has 0 aliphatic heterocycles. The van der Waals surface area contributed by atoms with Gasteiger partial charge in [0.15, 0.2) is 0 Å². The van der Waals surface area contributed by atoms with Crippen LogP contribution in [0.15, 0.2) is 40.1 Å². The highest BCUT2D eigenvalue weighted by Gasteiger charge is 1.99. The Labute approximate surface area is 114 Å². The van der Waals surface area contributed by atoms with Crippen molar-refractivity contribution in [3.63, 3.8) is 0 Å². The van der Waals surface area contributed by atoms with Gasteiger partial charge in [0.25, 0.3) is 5.56 Å². The molecule has 19 heavy (non-hydrogen) atoms. The zero-order valence-corrected chi connectivity index (χ0v) is 10.9. The quantitative estimate of drug-likeness (QED) is 0.576. The van der Waals surface area contributed by atoms with Crippen LogP contribution in [-0.2, 0) is 0 Å². The van der Waals surface area contributed by atoms with Crippen molar-refractivity contribution in [1.29, 1.82) is 0 Å². The number of hydrogen-bond acceptors (Lipinski definition) is 3. The summed E-state index contributed by atoms with van der Waals surface area (Å²) < 4.78 is 0. The molecule has 0 radical (unpaired) electrons. The lowest BCUT2D eigenvalue weighted by Crippen LogP contribution is -2.22. The van der Waals surface area contributed by atoms with Crippen molar-refractivity contribution in [2.24, 2.45) is 10.7 Å². The molecule has 0 aliphatic carbocycles. The van der Waals surface area contributed by atoms with Crippen LogP contribution in [0.3, 0.4) is 0 Å². The maximum Gasteiger partial charge on any atom is 0.252 e. The molecule has 0 atom stereocenters. The topological polar surface area (TPSA) is 96.2 Å². The first kappa shape index (κ1) is 13.1. The average molecular weight is 278 g/mol. The first-order valence-corrected chi connectivity index (χ1v) is 5.85. The van der Waals surface area contributed by atoms with E-state index in [0.717, 1.165) is 5.69 Å². The number of aromatic nitrogens is 2. The van der Waals surface area contributed by atoms with Crippen molar-refractivity contribution in [2.75, 3.05) is 5.32 Å². The molecule has 0 spiro atoms. The van der Waals surface area contributed by atoms with E-state index in [1.54, 1.807) is 31.2 Å². The second-order valence-corrected chi connectivity index (χ2v) is 4.28. The monoisotopic (exact) mass is 277 g/mol. The van der Waals surface area contributed by atoms with Crippen LogP contribution in [0.25, 0.3) is 0 Å². The largest absolute Gasteiger partial charge is 0.369 e. The summed E-state index contributed by atoms with van der Waals surface area (Å²) in [6.07, 6.45) is 0. The van der Waals surface area contributed by atoms with Gasteiger partial charge in [-0.1, -0.05) is 11.6 Å². The minimum Gasteiger partial charge on any atom is -0.369 e. The van der Waals surface area contributed by atoms with E-state index in [4.69, 9.17) is 17.3 Å². The number of hydrogen-bond donors (Lipinski definition) is 3. The van der Waals surface area contributed by atoms with E-state index in [-0.39, 0.29) is 17.5 Å². The van der Waals surface area contributed by atoms with Gasteiger partial charge in [0.05, 0.1) is 0 Å². The van der Waals surface area contributed by atoms with Gasteiger partial charge in [-0.2, -0.15) is 4.99 Å². The van der Waals surface area contributed by atoms with Gasteiger partial charge in [0, 0.05) is 22.5 Å². The summed E-state index contributed by atoms with van der Waals surface area (Å²) in [6.45, 7) is 1.71. The number of aromatic amines is 1. The van der Waals surface area contributed by atoms with Gasteiger partial charge in [-0.3, -0.25) is 9.78 Å². The molecule has 1 heterocycles. The van der Waals surface area contributed by atoms with E-state index in [1.165, 1.54) is 6.07 Å². The van der Waals surface area contributed by atoms with Crippen LogP contribution in [0.4, 0.5) is 11.6 Å². The summed E-state index contributed by atoms with van der Waals surface area (Å²) in [7, 11) is 0. The summed E-state index contributed by atoms with van der Waals surface area (Å²) in [6, 6.07) is 8.35. The molecule has 1 aromatic heterocycles. The fourth-order valence-corrected chi connectivity index (χ4v) is 1.57. The van der Waals surface area contributed by atoms with Gasteiger partial charge in [0.1, 0.15) is 0 Å². The number of H-pyrrole nitrogens is 1. The number of rotatable bonds is 2. The highest BCUT2D eigenvalue weighted by molar-refractivity contribution is 6.30. The van der Waals surface area contributed by atoms with E-state index in [1.807, 2.05) is 0 Å². The number of guanidine groups is 1. The van der Waals surface area contributed by atoms with Gasteiger partial charge in [-0.15, -0.1) is 0 Å². The van der Waals surface area contributed by atoms with Crippen LogP contribution in [-0.4, -0.2) is 15.9 Å². The van der Waals surface area contributed by atoms with Crippen LogP contribution in [0.1, 0.15) is 5.69 Å². The molecule has 2 rings (SSSR count). The number of anilines is 1. The third-order valence-electron chi connectivity index (χ3n) is 2.20. The van der Waals surface area contributed by atoms with E-state index < -0.39 is 0 Å². The molecule has 98 valence electrons. The summed E-state index contributed by atoms with van der Waals surface area (Å²) in [4.78, 5) is 21.8. The Hall–Kier alpha value is -2.34. The number of nitrogens with zero attached hydrogens (tertiary/aromatic N) is 2. The van der Waals surface area contributed by atoms with Crippen molar-refractivity contribution in [3.05, 3.63) is 51.4 Å². The minimum atomic E-state index is -0.273. The predicted molar refractivity (Wildman–Crippen MR) is 76.0 cm³/mol. The van der Waals surface area contributed by atoms with Crippen LogP contribution in [0.5, 0.6) is 0 Å². The molecule has 7 heteroatoms. The molecule has 0 saturated heterocycles. The first-order valence-electron chi connectivity index (χ1n) is 5.47. The fraction of sp³-hybridized carbons (Fsp3) is 0.0833. The molecule has 0 saturated carbocycles. The van der Waals surface area contributed by atoms with Gasteiger partial charge in [0.2, 0.25) is 11.9 Å². The fourth-order valence-electron chi connectivity index (χ4n) is 1.44. The van der Waals surface area contributed by atoms with Gasteiger partial charge < -0.3 is 11.1 Å². The van der Waals surface area contributed by atoms with Crippen LogP contribution in [0, 0.1) is 6.92 Å². The number of halogens is 1. The summed E-state index contributed by atoms with van der Waals surface area (Å²) in [5.74, 6) is 0.278. The Balaban J connectivity index is 2.18. The smallest absolute Gasteiger partial charge is 0.252 e. The number of nitrogens with one attached hydrogen (secondary N) is 2. The highest BCUT2D eigenvalue weighted by Crippen LogP contribution is 2.13. The maximum absolute atomic E-state index is 11.2. The molecule has 0 unspecified atom stereocenters. The molecule has 1 aromatic carbocycles. The van der Waals surface area contributed by atoms with Crippen molar-refractivity contribution < 1.29 is 0 Å². The Morgan fingerprint density at radius 2 is 2.11 bits per heavy atom. The predicted octanol–water partition coefficient (Wildman–Crippen LogP) is 1.79. The SMILES string of the molecule is Cc1cc(=O)[nH]c(/N=C(\N)Nc2ccc(Cl)cc2)n1. The maximum atomic E-state index is 11.2. The zero-order valence-electron chi connectivity index (χ0n) is 10.1. The van der Waals surface area contributed by atoms with E-state index in [9.17, 15) is 4.79 Å². The normalized spacial score (nSPS) is 11.4. The lowest BCUT2D eigenvalue weighted by molar-refractivity contribution is 1.05. The van der Waals surface area contributed by atoms with E-state index >= 15 is 0 Å². The third kappa shape index (κ3) is 3.82. The third-order valence-corrected chi connectivity index (χ3v) is 2.45. The van der Waals surface area contributed by atoms with Crippen molar-refractivity contribution in [2.45, 2.75) is 6.92 Å². The van der Waals surface area contributed by atoms with Crippen molar-refractivity contribution in [3.8, 4) is 0 Å². The standard InChI is InChI=1S/C12H12ClN5O/c1-7-6-10(19)17-12(15-7)18-11(14)16-9-4-2-8(13)3-5-9/h2-6H,1H3,(H4,14,15,16,17,18,19). The molecule has 4 N–H and O–H groups in total. The number of benzene rings is 1. The summed E-state index contributed by atoms with van der Waals surface area (Å²) in [5.41, 5.74) is 6.75.